The van der Waals surface area contributed by atoms with Crippen LogP contribution >= 0.6 is 0 Å². The van der Waals surface area contributed by atoms with Gasteiger partial charge in [-0.15, -0.1) is 0 Å². The Morgan fingerprint density at radius 1 is 1.18 bits per heavy atom. The third kappa shape index (κ3) is 2.26. The third-order valence-corrected chi connectivity index (χ3v) is 3.96. The van der Waals surface area contributed by atoms with E-state index in [0.717, 1.165) is 16.9 Å². The highest BCUT2D eigenvalue weighted by Crippen LogP contribution is 2.39. The van der Waals surface area contributed by atoms with Gasteiger partial charge in [0, 0.05) is 7.05 Å². The van der Waals surface area contributed by atoms with E-state index in [0.29, 0.717) is 5.82 Å². The summed E-state index contributed by atoms with van der Waals surface area (Å²) in [6.45, 7) is 5.89. The molecular weight excluding hydrogens is 279 g/mol. The van der Waals surface area contributed by atoms with E-state index >= 15 is 0 Å². The Balaban J connectivity index is 1.90. The maximum atomic E-state index is 14.0. The molecule has 2 aromatic carbocycles. The van der Waals surface area contributed by atoms with Gasteiger partial charge in [-0.25, -0.2) is 4.39 Å². The molecule has 1 heterocycles. The monoisotopic (exact) mass is 296 g/mol. The number of fused-ring (bicyclic) bond motifs is 1. The second kappa shape index (κ2) is 5.30. The fourth-order valence-electron chi connectivity index (χ4n) is 2.69. The van der Waals surface area contributed by atoms with Gasteiger partial charge >= 0.3 is 0 Å². The summed E-state index contributed by atoms with van der Waals surface area (Å²) in [6, 6.07) is 12.4. The van der Waals surface area contributed by atoms with Gasteiger partial charge < -0.3 is 9.80 Å². The molecule has 3 nitrogen and oxygen atoms in total. The maximum absolute atomic E-state index is 14.0. The van der Waals surface area contributed by atoms with Crippen molar-refractivity contribution in [3.05, 3.63) is 71.8 Å². The normalized spacial score (nSPS) is 13.5. The molecule has 4 heteroatoms. The number of aryl methyl sites for hydroxylation is 1. The topological polar surface area (TPSA) is 23.6 Å². The first-order valence-electron chi connectivity index (χ1n) is 7.07. The number of para-hydroxylation sites is 2. The van der Waals surface area contributed by atoms with Gasteiger partial charge in [-0.05, 0) is 36.8 Å². The van der Waals surface area contributed by atoms with Gasteiger partial charge in [-0.3, -0.25) is 4.79 Å². The second-order valence-corrected chi connectivity index (χ2v) is 5.46. The van der Waals surface area contributed by atoms with Gasteiger partial charge in [-0.1, -0.05) is 24.8 Å². The molecule has 0 aromatic heterocycles. The van der Waals surface area contributed by atoms with Crippen LogP contribution in [0.15, 0.2) is 54.9 Å². The van der Waals surface area contributed by atoms with Crippen molar-refractivity contribution >= 4 is 17.2 Å². The number of carbonyl (C=O) groups excluding carboxylic acids is 1. The Kier molecular flexibility index (Phi) is 3.45. The highest BCUT2D eigenvalue weighted by atomic mass is 19.1. The zero-order valence-corrected chi connectivity index (χ0v) is 12.6. The fraction of sp³-hybridized carbons (Fsp3) is 0.167. The number of carbonyl (C=O) groups is 1. The molecule has 0 spiro atoms. The minimum atomic E-state index is -0.476. The second-order valence-electron chi connectivity index (χ2n) is 5.46. The number of hydrogen-bond donors (Lipinski definition) is 0. The van der Waals surface area contributed by atoms with Gasteiger partial charge in [0.15, 0.2) is 5.78 Å². The standard InChI is InChI=1S/C18H17FN2O/c1-12-8-9-14(15(19)10-12)18(22)11-21-13(2)20(3)16-6-4-5-7-17(16)21/h4-10H,2,11H2,1,3H3. The van der Waals surface area contributed by atoms with E-state index in [1.165, 1.54) is 6.07 Å². The van der Waals surface area contributed by atoms with Crippen molar-refractivity contribution < 1.29 is 9.18 Å². The molecule has 0 saturated heterocycles. The average Bonchev–Trinajstić information content (AvgIpc) is 2.73. The van der Waals surface area contributed by atoms with Crippen LogP contribution in [0.25, 0.3) is 0 Å². The molecule has 0 unspecified atom stereocenters. The molecule has 0 amide bonds. The van der Waals surface area contributed by atoms with Gasteiger partial charge in [0.1, 0.15) is 11.6 Å². The lowest BCUT2D eigenvalue weighted by Crippen LogP contribution is -2.30. The van der Waals surface area contributed by atoms with Crippen LogP contribution in [-0.2, 0) is 0 Å². The van der Waals surface area contributed by atoms with E-state index < -0.39 is 5.82 Å². The lowest BCUT2D eigenvalue weighted by Gasteiger charge is -2.21. The molecule has 0 aliphatic carbocycles. The Morgan fingerprint density at radius 3 is 2.55 bits per heavy atom. The third-order valence-electron chi connectivity index (χ3n) is 3.96. The first-order valence-corrected chi connectivity index (χ1v) is 7.07. The first kappa shape index (κ1) is 14.3. The van der Waals surface area contributed by atoms with Gasteiger partial charge in [0.2, 0.25) is 0 Å². The van der Waals surface area contributed by atoms with Crippen molar-refractivity contribution in [2.24, 2.45) is 0 Å². The summed E-state index contributed by atoms with van der Waals surface area (Å²) in [5.41, 5.74) is 2.82. The largest absolute Gasteiger partial charge is 0.330 e. The molecule has 3 rings (SSSR count). The number of ketones is 1. The molecule has 1 aliphatic rings. The van der Waals surface area contributed by atoms with E-state index in [1.54, 1.807) is 19.1 Å². The highest BCUT2D eigenvalue weighted by molar-refractivity contribution is 6.01. The number of anilines is 2. The molecule has 0 atom stereocenters. The van der Waals surface area contributed by atoms with E-state index in [2.05, 4.69) is 6.58 Å². The smallest absolute Gasteiger partial charge is 0.185 e. The van der Waals surface area contributed by atoms with Crippen molar-refractivity contribution in [3.8, 4) is 0 Å². The minimum absolute atomic E-state index is 0.0696. The quantitative estimate of drug-likeness (QED) is 0.806. The van der Waals surface area contributed by atoms with Crippen LogP contribution in [0.1, 0.15) is 15.9 Å². The summed E-state index contributed by atoms with van der Waals surface area (Å²) in [5.74, 6) is -0.0257. The summed E-state index contributed by atoms with van der Waals surface area (Å²) < 4.78 is 14.0. The number of rotatable bonds is 3. The molecule has 0 saturated carbocycles. The minimum Gasteiger partial charge on any atom is -0.330 e. The molecule has 0 fully saturated rings. The lowest BCUT2D eigenvalue weighted by atomic mass is 10.1. The summed E-state index contributed by atoms with van der Waals surface area (Å²) >= 11 is 0. The SMILES string of the molecule is C=C1N(C)c2ccccc2N1CC(=O)c1ccc(C)cc1F. The maximum Gasteiger partial charge on any atom is 0.185 e. The molecule has 1 aliphatic heterocycles. The zero-order chi connectivity index (χ0) is 15.9. The van der Waals surface area contributed by atoms with Crippen LogP contribution in [0.2, 0.25) is 0 Å². The number of halogens is 1. The fourth-order valence-corrected chi connectivity index (χ4v) is 2.69. The Bertz CT molecular complexity index is 769. The molecule has 2 aromatic rings. The van der Waals surface area contributed by atoms with E-state index in [9.17, 15) is 9.18 Å². The number of Topliss-reactive ketones (excluding diaryl/α,β-unsaturated/α-hetero) is 1. The molecule has 0 bridgehead atoms. The van der Waals surface area contributed by atoms with E-state index in [-0.39, 0.29) is 17.9 Å². The Hall–Kier alpha value is -2.62. The molecule has 0 radical (unpaired) electrons. The molecular formula is C18H17FN2O. The van der Waals surface area contributed by atoms with Crippen LogP contribution in [0.5, 0.6) is 0 Å². The van der Waals surface area contributed by atoms with Crippen molar-refractivity contribution in [1.82, 2.24) is 0 Å². The van der Waals surface area contributed by atoms with Crippen molar-refractivity contribution in [2.45, 2.75) is 6.92 Å². The van der Waals surface area contributed by atoms with Crippen LogP contribution in [-0.4, -0.2) is 19.4 Å². The summed E-state index contributed by atoms with van der Waals surface area (Å²) in [6.07, 6.45) is 0. The van der Waals surface area contributed by atoms with Crippen molar-refractivity contribution in [3.63, 3.8) is 0 Å². The van der Waals surface area contributed by atoms with Crippen molar-refractivity contribution in [2.75, 3.05) is 23.4 Å². The zero-order valence-electron chi connectivity index (χ0n) is 12.6. The first-order chi connectivity index (χ1) is 10.5. The van der Waals surface area contributed by atoms with E-state index in [1.807, 2.05) is 41.1 Å². The summed E-state index contributed by atoms with van der Waals surface area (Å²) in [4.78, 5) is 16.2. The van der Waals surface area contributed by atoms with Gasteiger partial charge in [0.25, 0.3) is 0 Å². The van der Waals surface area contributed by atoms with Crippen LogP contribution in [0.4, 0.5) is 15.8 Å². The number of nitrogens with zero attached hydrogens (tertiary/aromatic N) is 2. The van der Waals surface area contributed by atoms with Crippen LogP contribution in [0.3, 0.4) is 0 Å². The Labute approximate surface area is 129 Å². The molecule has 0 N–H and O–H groups in total. The predicted octanol–water partition coefficient (Wildman–Crippen LogP) is 3.74. The lowest BCUT2D eigenvalue weighted by molar-refractivity contribution is 0.0997. The van der Waals surface area contributed by atoms with Crippen LogP contribution in [0, 0.1) is 12.7 Å². The number of benzene rings is 2. The predicted molar refractivity (Wildman–Crippen MR) is 86.8 cm³/mol. The highest BCUT2D eigenvalue weighted by Gasteiger charge is 2.29. The molecule has 112 valence electrons. The van der Waals surface area contributed by atoms with Gasteiger partial charge in [-0.2, -0.15) is 0 Å². The Morgan fingerprint density at radius 2 is 1.86 bits per heavy atom. The molecule has 22 heavy (non-hydrogen) atoms. The summed E-state index contributed by atoms with van der Waals surface area (Å²) in [7, 11) is 1.90. The summed E-state index contributed by atoms with van der Waals surface area (Å²) in [5, 5.41) is 0. The van der Waals surface area contributed by atoms with Crippen LogP contribution < -0.4 is 9.80 Å². The van der Waals surface area contributed by atoms with E-state index in [4.69, 9.17) is 0 Å². The van der Waals surface area contributed by atoms with Gasteiger partial charge in [0.05, 0.1) is 23.5 Å². The average molecular weight is 296 g/mol. The number of hydrogen-bond acceptors (Lipinski definition) is 3. The van der Waals surface area contributed by atoms with Crippen molar-refractivity contribution in [1.29, 1.82) is 0 Å².